The van der Waals surface area contributed by atoms with Gasteiger partial charge >= 0.3 is 17.9 Å². The van der Waals surface area contributed by atoms with E-state index in [1.54, 1.807) is 0 Å². The Morgan fingerprint density at radius 1 is 0.309 bits per heavy atom. The smallest absolute Gasteiger partial charge is 0.306 e. The van der Waals surface area contributed by atoms with Crippen molar-refractivity contribution >= 4 is 17.9 Å². The number of allylic oxidation sites excluding steroid dienone is 12. The van der Waals surface area contributed by atoms with Gasteiger partial charge in [0.25, 0.3) is 0 Å². The molecule has 0 heterocycles. The van der Waals surface area contributed by atoms with Crippen LogP contribution in [0.1, 0.15) is 284 Å². The minimum atomic E-state index is -0.778. The summed E-state index contributed by atoms with van der Waals surface area (Å²) in [4.78, 5) is 38.1. The summed E-state index contributed by atoms with van der Waals surface area (Å²) in [5.41, 5.74) is 0. The van der Waals surface area contributed by atoms with Crippen LogP contribution >= 0.6 is 0 Å². The van der Waals surface area contributed by atoms with Gasteiger partial charge in [0.2, 0.25) is 0 Å². The summed E-state index contributed by atoms with van der Waals surface area (Å²) in [5, 5.41) is 0. The topological polar surface area (TPSA) is 78.9 Å². The maximum absolute atomic E-state index is 12.8. The van der Waals surface area contributed by atoms with Crippen molar-refractivity contribution in [3.8, 4) is 0 Å². The van der Waals surface area contributed by atoms with Gasteiger partial charge in [-0.1, -0.05) is 254 Å². The molecule has 0 radical (unpaired) electrons. The number of unbranched alkanes of at least 4 members (excludes halogenated alkanes) is 29. The van der Waals surface area contributed by atoms with Gasteiger partial charge in [0.05, 0.1) is 0 Å². The van der Waals surface area contributed by atoms with E-state index in [1.807, 2.05) is 0 Å². The lowest BCUT2D eigenvalue weighted by molar-refractivity contribution is -0.167. The maximum atomic E-state index is 12.8. The van der Waals surface area contributed by atoms with E-state index in [0.717, 1.165) is 103 Å². The summed E-state index contributed by atoms with van der Waals surface area (Å²) in [6.07, 6.45) is 71.8. The molecule has 392 valence electrons. The molecular weight excluding hydrogens is 841 g/mol. The fourth-order valence-electron chi connectivity index (χ4n) is 8.10. The number of esters is 3. The zero-order valence-corrected chi connectivity index (χ0v) is 44.9. The molecule has 0 aromatic heterocycles. The van der Waals surface area contributed by atoms with E-state index >= 15 is 0 Å². The van der Waals surface area contributed by atoms with E-state index in [0.29, 0.717) is 19.3 Å². The Bertz CT molecular complexity index is 1270. The molecule has 68 heavy (non-hydrogen) atoms. The van der Waals surface area contributed by atoms with Crippen LogP contribution in [-0.4, -0.2) is 37.2 Å². The molecule has 0 aromatic rings. The van der Waals surface area contributed by atoms with Gasteiger partial charge in [0.1, 0.15) is 13.2 Å². The molecule has 0 saturated carbocycles. The molecule has 0 aliphatic heterocycles. The molecule has 1 atom stereocenters. The first-order valence-electron chi connectivity index (χ1n) is 28.9. The molecule has 0 bridgehead atoms. The van der Waals surface area contributed by atoms with E-state index < -0.39 is 6.10 Å². The van der Waals surface area contributed by atoms with Crippen LogP contribution in [-0.2, 0) is 28.6 Å². The van der Waals surface area contributed by atoms with Crippen LogP contribution in [0.4, 0.5) is 0 Å². The minimum Gasteiger partial charge on any atom is -0.462 e. The Kier molecular flexibility index (Phi) is 53.8. The van der Waals surface area contributed by atoms with Crippen molar-refractivity contribution < 1.29 is 28.6 Å². The molecule has 6 heteroatoms. The maximum Gasteiger partial charge on any atom is 0.306 e. The highest BCUT2D eigenvalue weighted by Gasteiger charge is 2.19. The third kappa shape index (κ3) is 53.8. The Morgan fingerprint density at radius 3 is 0.956 bits per heavy atom. The van der Waals surface area contributed by atoms with Crippen molar-refractivity contribution in [2.45, 2.75) is 290 Å². The van der Waals surface area contributed by atoms with Crippen molar-refractivity contribution in [1.29, 1.82) is 0 Å². The Morgan fingerprint density at radius 2 is 0.588 bits per heavy atom. The Labute approximate surface area is 421 Å². The molecule has 0 saturated heterocycles. The van der Waals surface area contributed by atoms with Crippen LogP contribution in [0.15, 0.2) is 72.9 Å². The number of hydrogen-bond donors (Lipinski definition) is 0. The predicted molar refractivity (Wildman–Crippen MR) is 293 cm³/mol. The van der Waals surface area contributed by atoms with Crippen LogP contribution < -0.4 is 0 Å². The molecule has 0 amide bonds. The lowest BCUT2D eigenvalue weighted by atomic mass is 10.0. The number of rotatable bonds is 52. The summed E-state index contributed by atoms with van der Waals surface area (Å²) < 4.78 is 16.8. The van der Waals surface area contributed by atoms with Crippen molar-refractivity contribution in [3.05, 3.63) is 72.9 Å². The summed E-state index contributed by atoms with van der Waals surface area (Å²) >= 11 is 0. The van der Waals surface area contributed by atoms with Crippen LogP contribution in [0.5, 0.6) is 0 Å². The van der Waals surface area contributed by atoms with Crippen molar-refractivity contribution in [2.24, 2.45) is 0 Å². The fourth-order valence-corrected chi connectivity index (χ4v) is 8.10. The second-order valence-corrected chi connectivity index (χ2v) is 19.2. The fraction of sp³-hybridized carbons (Fsp3) is 0.758. The van der Waals surface area contributed by atoms with Crippen LogP contribution in [0.25, 0.3) is 0 Å². The lowest BCUT2D eigenvalue weighted by Gasteiger charge is -2.18. The van der Waals surface area contributed by atoms with Gasteiger partial charge in [-0.25, -0.2) is 0 Å². The summed E-state index contributed by atoms with van der Waals surface area (Å²) in [6.45, 7) is 6.49. The van der Waals surface area contributed by atoms with Crippen molar-refractivity contribution in [1.82, 2.24) is 0 Å². The average Bonchev–Trinajstić information content (AvgIpc) is 3.34. The normalized spacial score (nSPS) is 12.6. The van der Waals surface area contributed by atoms with E-state index in [1.165, 1.54) is 141 Å². The van der Waals surface area contributed by atoms with E-state index in [-0.39, 0.29) is 31.1 Å². The lowest BCUT2D eigenvalue weighted by Crippen LogP contribution is -2.30. The van der Waals surface area contributed by atoms with E-state index in [2.05, 4.69) is 93.7 Å². The monoisotopic (exact) mass is 949 g/mol. The number of carbonyl (C=O) groups excluding carboxylic acids is 3. The molecule has 6 nitrogen and oxygen atoms in total. The van der Waals surface area contributed by atoms with Gasteiger partial charge in [0.15, 0.2) is 6.10 Å². The molecule has 0 rings (SSSR count). The zero-order chi connectivity index (χ0) is 49.3. The predicted octanol–water partition coefficient (Wildman–Crippen LogP) is 19.4. The van der Waals surface area contributed by atoms with Crippen LogP contribution in [0.3, 0.4) is 0 Å². The van der Waals surface area contributed by atoms with E-state index in [9.17, 15) is 14.4 Å². The van der Waals surface area contributed by atoms with Crippen molar-refractivity contribution in [3.63, 3.8) is 0 Å². The van der Waals surface area contributed by atoms with Gasteiger partial charge in [0, 0.05) is 19.3 Å². The first kappa shape index (κ1) is 64.8. The number of ether oxygens (including phenoxy) is 3. The molecule has 0 spiro atoms. The summed E-state index contributed by atoms with van der Waals surface area (Å²) in [6, 6.07) is 0. The van der Waals surface area contributed by atoms with Gasteiger partial charge in [-0.2, -0.15) is 0 Å². The first-order valence-corrected chi connectivity index (χ1v) is 28.9. The van der Waals surface area contributed by atoms with Gasteiger partial charge in [-0.15, -0.1) is 0 Å². The summed E-state index contributed by atoms with van der Waals surface area (Å²) in [7, 11) is 0. The molecule has 0 aliphatic carbocycles. The van der Waals surface area contributed by atoms with Crippen LogP contribution in [0.2, 0.25) is 0 Å². The average molecular weight is 950 g/mol. The third-order valence-electron chi connectivity index (χ3n) is 12.4. The second-order valence-electron chi connectivity index (χ2n) is 19.2. The highest BCUT2D eigenvalue weighted by Crippen LogP contribution is 2.16. The molecule has 1 unspecified atom stereocenters. The molecular formula is C62H108O6. The Balaban J connectivity index is 4.27. The van der Waals surface area contributed by atoms with Crippen molar-refractivity contribution in [2.75, 3.05) is 13.2 Å². The SMILES string of the molecule is CC/C=C\C/C=C\C/C=C\C/C=C\C/C=C\CCCCCCCCCCCC(=O)OCC(COC(=O)CCCCCCC/C=C\CCCC)OC(=O)CCCCCCCCCCCCCCCC. The number of carbonyl (C=O) groups is 3. The summed E-state index contributed by atoms with van der Waals surface area (Å²) in [5.74, 6) is -0.885. The third-order valence-corrected chi connectivity index (χ3v) is 12.4. The highest BCUT2D eigenvalue weighted by atomic mass is 16.6. The standard InChI is InChI=1S/C62H108O6/c1-4-7-10-13-16-19-22-24-26-27-28-29-30-31-32-33-34-35-36-38-40-43-46-49-52-55-61(64)67-58-59(57-66-60(63)54-51-48-45-42-39-21-18-15-12-9-6-3)68-62(65)56-53-50-47-44-41-37-25-23-20-17-14-11-8-5-2/h7,10,15-16,18-19,24,26,28-29,31-32,59H,4-6,8-9,11-14,17,20-23,25,27,30,33-58H2,1-3H3/b10-7-,18-15-,19-16-,26-24-,29-28-,32-31-. The second kappa shape index (κ2) is 56.4. The largest absolute Gasteiger partial charge is 0.462 e. The Hall–Kier alpha value is -3.15. The number of hydrogen-bond acceptors (Lipinski definition) is 6. The molecule has 0 fully saturated rings. The molecule has 0 N–H and O–H groups in total. The van der Waals surface area contributed by atoms with Gasteiger partial charge in [-0.05, 0) is 83.5 Å². The minimum absolute atomic E-state index is 0.0788. The van der Waals surface area contributed by atoms with Gasteiger partial charge in [-0.3, -0.25) is 14.4 Å². The van der Waals surface area contributed by atoms with Gasteiger partial charge < -0.3 is 14.2 Å². The quantitative estimate of drug-likeness (QED) is 0.0262. The molecule has 0 aromatic carbocycles. The highest BCUT2D eigenvalue weighted by molar-refractivity contribution is 5.71. The zero-order valence-electron chi connectivity index (χ0n) is 44.9. The first-order chi connectivity index (χ1) is 33.5. The van der Waals surface area contributed by atoms with Crippen LogP contribution in [0, 0.1) is 0 Å². The van der Waals surface area contributed by atoms with E-state index in [4.69, 9.17) is 14.2 Å². The molecule has 0 aliphatic rings.